The largest absolute Gasteiger partial charge is 0.496 e. The van der Waals surface area contributed by atoms with Crippen LogP contribution in [-0.2, 0) is 9.53 Å². The molecule has 3 heterocycles. The highest BCUT2D eigenvalue weighted by Gasteiger charge is 2.20. The SMILES string of the molecule is COc1ccccc1-c1ccc2cnc(Nc3ccc(C4CN(C=O)CCO4)cc3)nn12. The van der Waals surface area contributed by atoms with Crippen LogP contribution in [0.15, 0.2) is 66.9 Å². The number of morpholine rings is 1. The van der Waals surface area contributed by atoms with E-state index in [1.54, 1.807) is 18.2 Å². The average Bonchev–Trinajstić information content (AvgIpc) is 3.27. The highest BCUT2D eigenvalue weighted by Crippen LogP contribution is 2.31. The number of aromatic nitrogens is 3. The van der Waals surface area contributed by atoms with Crippen LogP contribution in [-0.4, -0.2) is 52.7 Å². The number of methoxy groups -OCH3 is 1. The smallest absolute Gasteiger partial charge is 0.245 e. The van der Waals surface area contributed by atoms with Gasteiger partial charge in [-0.15, -0.1) is 5.10 Å². The van der Waals surface area contributed by atoms with Gasteiger partial charge in [0, 0.05) is 17.8 Å². The van der Waals surface area contributed by atoms with E-state index < -0.39 is 0 Å². The Labute approximate surface area is 185 Å². The first-order chi connectivity index (χ1) is 15.7. The van der Waals surface area contributed by atoms with Crippen molar-refractivity contribution in [1.82, 2.24) is 19.5 Å². The third-order valence-corrected chi connectivity index (χ3v) is 5.57. The van der Waals surface area contributed by atoms with Gasteiger partial charge in [0.2, 0.25) is 12.4 Å². The van der Waals surface area contributed by atoms with Gasteiger partial charge in [-0.3, -0.25) is 4.79 Å². The lowest BCUT2D eigenvalue weighted by atomic mass is 10.1. The Balaban J connectivity index is 1.38. The second-order valence-corrected chi connectivity index (χ2v) is 7.54. The maximum absolute atomic E-state index is 11.1. The molecule has 1 amide bonds. The number of carbonyl (C=O) groups is 1. The van der Waals surface area contributed by atoms with Crippen LogP contribution in [0, 0.1) is 0 Å². The van der Waals surface area contributed by atoms with E-state index in [0.29, 0.717) is 25.6 Å². The molecule has 0 saturated carbocycles. The van der Waals surface area contributed by atoms with Crippen molar-refractivity contribution in [2.75, 3.05) is 32.1 Å². The quantitative estimate of drug-likeness (QED) is 0.471. The molecule has 0 bridgehead atoms. The van der Waals surface area contributed by atoms with Crippen molar-refractivity contribution < 1.29 is 14.3 Å². The van der Waals surface area contributed by atoms with Gasteiger partial charge in [0.05, 0.1) is 37.7 Å². The lowest BCUT2D eigenvalue weighted by Crippen LogP contribution is -2.37. The zero-order valence-electron chi connectivity index (χ0n) is 17.6. The number of benzene rings is 2. The summed E-state index contributed by atoms with van der Waals surface area (Å²) in [7, 11) is 1.66. The van der Waals surface area contributed by atoms with Crippen LogP contribution in [0.5, 0.6) is 5.75 Å². The number of carbonyl (C=O) groups excluding carboxylic acids is 1. The number of nitrogens with one attached hydrogen (secondary N) is 1. The van der Waals surface area contributed by atoms with Crippen molar-refractivity contribution in [2.45, 2.75) is 6.10 Å². The second-order valence-electron chi connectivity index (χ2n) is 7.54. The number of hydrogen-bond donors (Lipinski definition) is 1. The van der Waals surface area contributed by atoms with Gasteiger partial charge in [-0.2, -0.15) is 0 Å². The molecule has 1 saturated heterocycles. The van der Waals surface area contributed by atoms with E-state index >= 15 is 0 Å². The Hall–Kier alpha value is -3.91. The summed E-state index contributed by atoms with van der Waals surface area (Å²) in [6.07, 6.45) is 2.55. The van der Waals surface area contributed by atoms with Gasteiger partial charge < -0.3 is 19.7 Å². The fourth-order valence-electron chi connectivity index (χ4n) is 3.90. The number of ether oxygens (including phenoxy) is 2. The first-order valence-corrected chi connectivity index (χ1v) is 10.4. The van der Waals surface area contributed by atoms with E-state index in [9.17, 15) is 4.79 Å². The molecule has 0 radical (unpaired) electrons. The molecule has 162 valence electrons. The predicted molar refractivity (Wildman–Crippen MR) is 121 cm³/mol. The van der Waals surface area contributed by atoms with E-state index in [0.717, 1.165) is 40.2 Å². The topological polar surface area (TPSA) is 81.0 Å². The van der Waals surface area contributed by atoms with Crippen molar-refractivity contribution in [3.63, 3.8) is 0 Å². The van der Waals surface area contributed by atoms with E-state index in [2.05, 4.69) is 15.4 Å². The summed E-state index contributed by atoms with van der Waals surface area (Å²) in [4.78, 5) is 17.2. The molecule has 1 aliphatic rings. The molecule has 2 aromatic carbocycles. The Kier molecular flexibility index (Phi) is 5.43. The number of hydrogen-bond acceptors (Lipinski definition) is 6. The van der Waals surface area contributed by atoms with Gasteiger partial charge in [0.15, 0.2) is 0 Å². The van der Waals surface area contributed by atoms with Gasteiger partial charge in [-0.25, -0.2) is 9.50 Å². The number of rotatable bonds is 6. The molecule has 0 aliphatic carbocycles. The number of nitrogens with zero attached hydrogens (tertiary/aromatic N) is 4. The van der Waals surface area contributed by atoms with Crippen LogP contribution < -0.4 is 10.1 Å². The molecule has 0 spiro atoms. The minimum absolute atomic E-state index is 0.112. The fraction of sp³-hybridized carbons (Fsp3) is 0.208. The Bertz CT molecular complexity index is 1240. The third kappa shape index (κ3) is 3.88. The highest BCUT2D eigenvalue weighted by atomic mass is 16.5. The zero-order valence-corrected chi connectivity index (χ0v) is 17.6. The summed E-state index contributed by atoms with van der Waals surface area (Å²) in [5, 5.41) is 7.95. The van der Waals surface area contributed by atoms with Gasteiger partial charge in [0.1, 0.15) is 11.9 Å². The van der Waals surface area contributed by atoms with Crippen molar-refractivity contribution in [3.8, 4) is 17.0 Å². The van der Waals surface area contributed by atoms with Gasteiger partial charge in [-0.1, -0.05) is 24.3 Å². The first kappa shape index (κ1) is 20.0. The molecule has 1 fully saturated rings. The summed E-state index contributed by atoms with van der Waals surface area (Å²) in [6, 6.07) is 19.8. The molecule has 4 aromatic rings. The summed E-state index contributed by atoms with van der Waals surface area (Å²) >= 11 is 0. The Morgan fingerprint density at radius 2 is 1.97 bits per heavy atom. The lowest BCUT2D eigenvalue weighted by Gasteiger charge is -2.30. The average molecular weight is 429 g/mol. The van der Waals surface area contributed by atoms with Crippen LogP contribution in [0.4, 0.5) is 11.6 Å². The minimum Gasteiger partial charge on any atom is -0.496 e. The molecule has 1 aliphatic heterocycles. The Morgan fingerprint density at radius 1 is 1.12 bits per heavy atom. The van der Waals surface area contributed by atoms with E-state index in [1.165, 1.54) is 0 Å². The van der Waals surface area contributed by atoms with Crippen LogP contribution >= 0.6 is 0 Å². The van der Waals surface area contributed by atoms with E-state index in [-0.39, 0.29) is 6.10 Å². The van der Waals surface area contributed by atoms with Crippen LogP contribution in [0.3, 0.4) is 0 Å². The number of fused-ring (bicyclic) bond motifs is 1. The molecule has 2 aromatic heterocycles. The van der Waals surface area contributed by atoms with Crippen LogP contribution in [0.1, 0.15) is 11.7 Å². The standard InChI is InChI=1S/C24H23N5O3/c1-31-22-5-3-2-4-20(22)21-11-10-19-14-25-24(27-29(19)21)26-18-8-6-17(7-9-18)23-15-28(16-30)12-13-32-23/h2-11,14,16,23H,12-13,15H2,1H3,(H,26,27). The van der Waals surface area contributed by atoms with E-state index in [1.807, 2.05) is 65.2 Å². The minimum atomic E-state index is -0.112. The second kappa shape index (κ2) is 8.68. The normalized spacial score (nSPS) is 16.2. The van der Waals surface area contributed by atoms with Gasteiger partial charge in [0.25, 0.3) is 0 Å². The molecule has 1 N–H and O–H groups in total. The first-order valence-electron chi connectivity index (χ1n) is 10.4. The number of amides is 1. The summed E-state index contributed by atoms with van der Waals surface area (Å²) < 4.78 is 13.2. The maximum Gasteiger partial charge on any atom is 0.245 e. The molecule has 32 heavy (non-hydrogen) atoms. The maximum atomic E-state index is 11.1. The lowest BCUT2D eigenvalue weighted by molar-refractivity contribution is -0.125. The van der Waals surface area contributed by atoms with Crippen LogP contribution in [0.2, 0.25) is 0 Å². The third-order valence-electron chi connectivity index (χ3n) is 5.57. The highest BCUT2D eigenvalue weighted by molar-refractivity contribution is 5.72. The fourth-order valence-corrected chi connectivity index (χ4v) is 3.90. The monoisotopic (exact) mass is 429 g/mol. The summed E-state index contributed by atoms with van der Waals surface area (Å²) in [6.45, 7) is 1.74. The van der Waals surface area contributed by atoms with Gasteiger partial charge in [-0.05, 0) is 42.0 Å². The van der Waals surface area contributed by atoms with E-state index in [4.69, 9.17) is 9.47 Å². The number of anilines is 2. The Morgan fingerprint density at radius 3 is 2.78 bits per heavy atom. The van der Waals surface area contributed by atoms with Crippen molar-refractivity contribution >= 4 is 23.6 Å². The zero-order chi connectivity index (χ0) is 21.9. The molecular weight excluding hydrogens is 406 g/mol. The molecule has 8 nitrogen and oxygen atoms in total. The van der Waals surface area contributed by atoms with Crippen molar-refractivity contribution in [3.05, 3.63) is 72.4 Å². The van der Waals surface area contributed by atoms with Crippen LogP contribution in [0.25, 0.3) is 16.8 Å². The molecule has 5 rings (SSSR count). The summed E-state index contributed by atoms with van der Waals surface area (Å²) in [5.74, 6) is 1.27. The predicted octanol–water partition coefficient (Wildman–Crippen LogP) is 3.68. The molecule has 1 atom stereocenters. The summed E-state index contributed by atoms with van der Waals surface area (Å²) in [5.41, 5.74) is 4.67. The molecule has 1 unspecified atom stereocenters. The van der Waals surface area contributed by atoms with Crippen molar-refractivity contribution in [1.29, 1.82) is 0 Å². The van der Waals surface area contributed by atoms with Crippen molar-refractivity contribution in [2.24, 2.45) is 0 Å². The molecule has 8 heteroatoms. The number of para-hydroxylation sites is 1. The molecular formula is C24H23N5O3. The van der Waals surface area contributed by atoms with Gasteiger partial charge >= 0.3 is 0 Å².